The lowest BCUT2D eigenvalue weighted by atomic mass is 10.0. The molecule has 0 aliphatic rings. The SMILES string of the molecule is CCn1c(SC(F)(F)C(=O)Nc2ccc(C(C)C)cc2)nnc1-c1cccnc1. The van der Waals surface area contributed by atoms with Crippen LogP contribution in [0.1, 0.15) is 32.3 Å². The topological polar surface area (TPSA) is 72.7 Å². The van der Waals surface area contributed by atoms with Gasteiger partial charge in [-0.1, -0.05) is 26.0 Å². The standard InChI is InChI=1S/C20H21F2N5OS/c1-4-27-17(15-6-5-11-23-12-15)25-26-19(27)29-20(21,22)18(28)24-16-9-7-14(8-10-16)13(2)3/h5-13H,4H2,1-3H3,(H,24,28). The van der Waals surface area contributed by atoms with Gasteiger partial charge in [-0.3, -0.25) is 9.78 Å². The highest BCUT2D eigenvalue weighted by Crippen LogP contribution is 2.37. The van der Waals surface area contributed by atoms with E-state index in [1.165, 1.54) is 4.57 Å². The monoisotopic (exact) mass is 417 g/mol. The maximum Gasteiger partial charge on any atom is 0.378 e. The Morgan fingerprint density at radius 3 is 2.52 bits per heavy atom. The predicted octanol–water partition coefficient (Wildman–Crippen LogP) is 4.81. The van der Waals surface area contributed by atoms with Gasteiger partial charge in [0.2, 0.25) is 0 Å². The molecule has 0 bridgehead atoms. The van der Waals surface area contributed by atoms with Crippen LogP contribution in [0.3, 0.4) is 0 Å². The lowest BCUT2D eigenvalue weighted by Crippen LogP contribution is -2.31. The summed E-state index contributed by atoms with van der Waals surface area (Å²) in [6, 6.07) is 10.3. The van der Waals surface area contributed by atoms with Crippen molar-refractivity contribution in [1.82, 2.24) is 19.7 Å². The van der Waals surface area contributed by atoms with Crippen LogP contribution >= 0.6 is 11.8 Å². The molecule has 29 heavy (non-hydrogen) atoms. The second kappa shape index (κ2) is 8.69. The molecule has 1 aromatic carbocycles. The van der Waals surface area contributed by atoms with Gasteiger partial charge < -0.3 is 9.88 Å². The third kappa shape index (κ3) is 4.79. The number of alkyl halides is 2. The van der Waals surface area contributed by atoms with E-state index in [1.807, 2.05) is 13.8 Å². The number of aromatic nitrogens is 4. The van der Waals surface area contributed by atoms with Gasteiger partial charge in [-0.2, -0.15) is 8.78 Å². The molecule has 0 aliphatic heterocycles. The third-order valence-corrected chi connectivity index (χ3v) is 5.20. The Balaban J connectivity index is 1.76. The summed E-state index contributed by atoms with van der Waals surface area (Å²) in [6.45, 7) is 6.22. The summed E-state index contributed by atoms with van der Waals surface area (Å²) in [6.07, 6.45) is 3.19. The fraction of sp³-hybridized carbons (Fsp3) is 0.300. The van der Waals surface area contributed by atoms with Crippen molar-refractivity contribution in [1.29, 1.82) is 0 Å². The van der Waals surface area contributed by atoms with Gasteiger partial charge in [-0.15, -0.1) is 10.2 Å². The summed E-state index contributed by atoms with van der Waals surface area (Å²) >= 11 is 0.0716. The molecule has 6 nitrogen and oxygen atoms in total. The van der Waals surface area contributed by atoms with E-state index in [2.05, 4.69) is 20.5 Å². The van der Waals surface area contributed by atoms with Crippen LogP contribution in [0.15, 0.2) is 53.9 Å². The maximum absolute atomic E-state index is 14.6. The van der Waals surface area contributed by atoms with Crippen molar-refractivity contribution in [2.45, 2.75) is 43.6 Å². The number of thioether (sulfide) groups is 1. The summed E-state index contributed by atoms with van der Waals surface area (Å²) < 4.78 is 30.7. The van der Waals surface area contributed by atoms with Gasteiger partial charge in [0.15, 0.2) is 11.0 Å². The Labute approximate surface area is 171 Å². The molecule has 0 aliphatic carbocycles. The molecular weight excluding hydrogens is 396 g/mol. The molecule has 0 saturated carbocycles. The third-order valence-electron chi connectivity index (χ3n) is 4.27. The highest BCUT2D eigenvalue weighted by molar-refractivity contribution is 8.00. The van der Waals surface area contributed by atoms with Crippen molar-refractivity contribution >= 4 is 23.4 Å². The number of benzene rings is 1. The molecule has 1 amide bonds. The van der Waals surface area contributed by atoms with E-state index in [0.717, 1.165) is 5.56 Å². The Bertz CT molecular complexity index is 974. The first-order chi connectivity index (χ1) is 13.8. The van der Waals surface area contributed by atoms with E-state index in [-0.39, 0.29) is 16.9 Å². The number of halogens is 2. The molecule has 0 fully saturated rings. The van der Waals surface area contributed by atoms with Gasteiger partial charge in [-0.25, -0.2) is 0 Å². The first-order valence-corrected chi connectivity index (χ1v) is 9.95. The molecule has 0 unspecified atom stereocenters. The van der Waals surface area contributed by atoms with Crippen molar-refractivity contribution in [3.63, 3.8) is 0 Å². The summed E-state index contributed by atoms with van der Waals surface area (Å²) in [7, 11) is 0. The summed E-state index contributed by atoms with van der Waals surface area (Å²) in [5, 5.41) is 6.36. The minimum Gasteiger partial charge on any atom is -0.320 e. The number of nitrogens with zero attached hydrogens (tertiary/aromatic N) is 4. The molecule has 0 spiro atoms. The van der Waals surface area contributed by atoms with Crippen molar-refractivity contribution in [3.8, 4) is 11.4 Å². The zero-order chi connectivity index (χ0) is 21.0. The number of nitrogens with one attached hydrogen (secondary N) is 1. The molecule has 2 aromatic heterocycles. The van der Waals surface area contributed by atoms with E-state index in [9.17, 15) is 13.6 Å². The van der Waals surface area contributed by atoms with Gasteiger partial charge >= 0.3 is 11.2 Å². The highest BCUT2D eigenvalue weighted by Gasteiger charge is 2.42. The van der Waals surface area contributed by atoms with Crippen molar-refractivity contribution in [3.05, 3.63) is 54.4 Å². The molecule has 1 N–H and O–H groups in total. The number of anilines is 1. The molecule has 0 radical (unpaired) electrons. The second-order valence-electron chi connectivity index (χ2n) is 6.64. The molecular formula is C20H21F2N5OS. The molecule has 3 rings (SSSR count). The number of carbonyl (C=O) groups excluding carboxylic acids is 1. The van der Waals surface area contributed by atoms with E-state index in [0.29, 0.717) is 29.5 Å². The molecule has 152 valence electrons. The molecule has 2 heterocycles. The molecule has 3 aromatic rings. The normalized spacial score (nSPS) is 11.7. The summed E-state index contributed by atoms with van der Waals surface area (Å²) in [4.78, 5) is 16.2. The number of pyridine rings is 1. The maximum atomic E-state index is 14.6. The van der Waals surface area contributed by atoms with Crippen LogP contribution in [0.5, 0.6) is 0 Å². The average Bonchev–Trinajstić information content (AvgIpc) is 3.10. The number of rotatable bonds is 7. The minimum absolute atomic E-state index is 0.0401. The summed E-state index contributed by atoms with van der Waals surface area (Å²) in [5.74, 6) is -0.678. The smallest absolute Gasteiger partial charge is 0.320 e. The van der Waals surface area contributed by atoms with E-state index in [1.54, 1.807) is 55.7 Å². The van der Waals surface area contributed by atoms with Gasteiger partial charge in [0.05, 0.1) is 0 Å². The van der Waals surface area contributed by atoms with Gasteiger partial charge in [0, 0.05) is 30.2 Å². The highest BCUT2D eigenvalue weighted by atomic mass is 32.2. The molecule has 9 heteroatoms. The number of hydrogen-bond acceptors (Lipinski definition) is 5. The average molecular weight is 417 g/mol. The first-order valence-electron chi connectivity index (χ1n) is 9.13. The fourth-order valence-corrected chi connectivity index (χ4v) is 3.45. The van der Waals surface area contributed by atoms with Gasteiger partial charge in [0.1, 0.15) is 0 Å². The Morgan fingerprint density at radius 1 is 1.21 bits per heavy atom. The quantitative estimate of drug-likeness (QED) is 0.559. The zero-order valence-electron chi connectivity index (χ0n) is 16.3. The van der Waals surface area contributed by atoms with Crippen LogP contribution in [-0.2, 0) is 11.3 Å². The number of carbonyl (C=O) groups is 1. The Hall–Kier alpha value is -2.81. The van der Waals surface area contributed by atoms with Crippen molar-refractivity contribution in [2.75, 3.05) is 5.32 Å². The lowest BCUT2D eigenvalue weighted by molar-refractivity contribution is -0.129. The summed E-state index contributed by atoms with van der Waals surface area (Å²) in [5.41, 5.74) is 2.03. The lowest BCUT2D eigenvalue weighted by Gasteiger charge is -2.16. The van der Waals surface area contributed by atoms with E-state index >= 15 is 0 Å². The minimum atomic E-state index is -3.72. The van der Waals surface area contributed by atoms with Crippen LogP contribution in [0, 0.1) is 0 Å². The Morgan fingerprint density at radius 2 is 1.93 bits per heavy atom. The van der Waals surface area contributed by atoms with Gasteiger partial charge in [0.25, 0.3) is 0 Å². The molecule has 0 atom stereocenters. The van der Waals surface area contributed by atoms with Crippen LogP contribution in [0.25, 0.3) is 11.4 Å². The van der Waals surface area contributed by atoms with Crippen molar-refractivity contribution < 1.29 is 13.6 Å². The van der Waals surface area contributed by atoms with Crippen LogP contribution in [0.2, 0.25) is 0 Å². The fourth-order valence-electron chi connectivity index (χ4n) is 2.67. The zero-order valence-corrected chi connectivity index (χ0v) is 17.1. The predicted molar refractivity (Wildman–Crippen MR) is 109 cm³/mol. The van der Waals surface area contributed by atoms with Crippen LogP contribution in [0.4, 0.5) is 14.5 Å². The first kappa shape index (κ1) is 20.9. The van der Waals surface area contributed by atoms with E-state index < -0.39 is 11.2 Å². The Kier molecular flexibility index (Phi) is 6.26. The molecule has 0 saturated heterocycles. The second-order valence-corrected chi connectivity index (χ2v) is 7.72. The van der Waals surface area contributed by atoms with Crippen molar-refractivity contribution in [2.24, 2.45) is 0 Å². The largest absolute Gasteiger partial charge is 0.378 e. The number of hydrogen-bond donors (Lipinski definition) is 1. The van der Waals surface area contributed by atoms with Crippen LogP contribution in [-0.4, -0.2) is 30.9 Å². The van der Waals surface area contributed by atoms with E-state index in [4.69, 9.17) is 0 Å². The number of amides is 1. The van der Waals surface area contributed by atoms with Gasteiger partial charge in [-0.05, 0) is 54.4 Å². The van der Waals surface area contributed by atoms with Crippen LogP contribution < -0.4 is 5.32 Å².